The van der Waals surface area contributed by atoms with Crippen LogP contribution in [0.4, 0.5) is 17.1 Å². The molecule has 0 fully saturated rings. The number of benzene rings is 9. The molecule has 1 unspecified atom stereocenters. The first-order valence-corrected chi connectivity index (χ1v) is 19.0. The Bertz CT molecular complexity index is 2960. The summed E-state index contributed by atoms with van der Waals surface area (Å²) in [6, 6.07) is 68.8. The smallest absolute Gasteiger partial charge is 0.0540 e. The number of hydrogen-bond acceptors (Lipinski definition) is 1. The van der Waals surface area contributed by atoms with E-state index in [-0.39, 0.29) is 0 Å². The molecule has 1 aliphatic carbocycles. The molecule has 0 radical (unpaired) electrons. The first-order chi connectivity index (χ1) is 26.7. The van der Waals surface area contributed by atoms with Gasteiger partial charge < -0.3 is 4.90 Å². The molecule has 10 rings (SSSR count). The molecule has 256 valence electrons. The van der Waals surface area contributed by atoms with Gasteiger partial charge in [-0.05, 0) is 125 Å². The fourth-order valence-electron chi connectivity index (χ4n) is 8.41. The van der Waals surface area contributed by atoms with Crippen molar-refractivity contribution in [3.63, 3.8) is 0 Å². The fourth-order valence-corrected chi connectivity index (χ4v) is 8.41. The van der Waals surface area contributed by atoms with Gasteiger partial charge in [0.05, 0.1) is 5.69 Å². The number of fused-ring (bicyclic) bond motifs is 6. The van der Waals surface area contributed by atoms with E-state index in [1.54, 1.807) is 0 Å². The summed E-state index contributed by atoms with van der Waals surface area (Å²) in [5, 5.41) is 10.4. The van der Waals surface area contributed by atoms with Gasteiger partial charge in [-0.25, -0.2) is 0 Å². The van der Waals surface area contributed by atoms with E-state index < -0.39 is 0 Å². The van der Waals surface area contributed by atoms with Crippen molar-refractivity contribution in [1.29, 1.82) is 0 Å². The van der Waals surface area contributed by atoms with Gasteiger partial charge >= 0.3 is 0 Å². The molecule has 0 aromatic heterocycles. The van der Waals surface area contributed by atoms with Gasteiger partial charge in [-0.2, -0.15) is 0 Å². The van der Waals surface area contributed by atoms with Crippen LogP contribution < -0.4 is 15.3 Å². The van der Waals surface area contributed by atoms with Crippen molar-refractivity contribution in [3.8, 4) is 33.4 Å². The van der Waals surface area contributed by atoms with Crippen LogP contribution in [-0.2, 0) is 0 Å². The molecular weight excluding hydrogens is 651 g/mol. The van der Waals surface area contributed by atoms with Crippen molar-refractivity contribution in [1.82, 2.24) is 0 Å². The summed E-state index contributed by atoms with van der Waals surface area (Å²) in [6.45, 7) is 2.32. The van der Waals surface area contributed by atoms with E-state index in [1.165, 1.54) is 76.1 Å². The highest BCUT2D eigenvalue weighted by molar-refractivity contribution is 6.09. The SMILES string of the molecule is CC1C=c2c(-c3ccc(N(c4ccc(-c5ccccc5)cc4)c4ccccc4-c4ccc5ccccc5c4)cc3)cc3c(ccc4ccccc43)c2=CC1. The van der Waals surface area contributed by atoms with E-state index in [1.807, 2.05) is 0 Å². The second-order valence-corrected chi connectivity index (χ2v) is 14.6. The van der Waals surface area contributed by atoms with Crippen molar-refractivity contribution in [3.05, 3.63) is 198 Å². The van der Waals surface area contributed by atoms with Crippen LogP contribution in [-0.4, -0.2) is 0 Å². The third-order valence-corrected chi connectivity index (χ3v) is 11.1. The van der Waals surface area contributed by atoms with Crippen molar-refractivity contribution in [2.45, 2.75) is 13.3 Å². The average Bonchev–Trinajstić information content (AvgIpc) is 3.24. The van der Waals surface area contributed by atoms with E-state index in [9.17, 15) is 0 Å². The maximum Gasteiger partial charge on any atom is 0.0540 e. The minimum absolute atomic E-state index is 0.495. The lowest BCUT2D eigenvalue weighted by molar-refractivity contribution is 0.801. The second-order valence-electron chi connectivity index (χ2n) is 14.6. The Balaban J connectivity index is 1.14. The zero-order valence-corrected chi connectivity index (χ0v) is 30.3. The number of rotatable bonds is 6. The Morgan fingerprint density at radius 1 is 0.407 bits per heavy atom. The van der Waals surface area contributed by atoms with Gasteiger partial charge in [0.2, 0.25) is 0 Å². The summed E-state index contributed by atoms with van der Waals surface area (Å²) in [5.41, 5.74) is 10.7. The summed E-state index contributed by atoms with van der Waals surface area (Å²) in [5.74, 6) is 0.495. The Labute approximate surface area is 316 Å². The Morgan fingerprint density at radius 3 is 1.81 bits per heavy atom. The van der Waals surface area contributed by atoms with Crippen LogP contribution in [0.25, 0.3) is 77.9 Å². The molecule has 1 heteroatoms. The van der Waals surface area contributed by atoms with E-state index in [2.05, 4.69) is 212 Å². The van der Waals surface area contributed by atoms with Crippen LogP contribution in [0.5, 0.6) is 0 Å². The molecule has 1 aliphatic rings. The van der Waals surface area contributed by atoms with Crippen LogP contribution in [0, 0.1) is 5.92 Å². The van der Waals surface area contributed by atoms with E-state index in [0.717, 1.165) is 23.5 Å². The first kappa shape index (κ1) is 32.0. The maximum absolute atomic E-state index is 2.48. The van der Waals surface area contributed by atoms with E-state index in [4.69, 9.17) is 0 Å². The van der Waals surface area contributed by atoms with Crippen molar-refractivity contribution in [2.24, 2.45) is 5.92 Å². The highest BCUT2D eigenvalue weighted by Gasteiger charge is 2.19. The summed E-state index contributed by atoms with van der Waals surface area (Å²) >= 11 is 0. The number of anilines is 3. The van der Waals surface area contributed by atoms with Crippen LogP contribution in [0.1, 0.15) is 13.3 Å². The quantitative estimate of drug-likeness (QED) is 0.157. The Kier molecular flexibility index (Phi) is 7.92. The van der Waals surface area contributed by atoms with Gasteiger partial charge in [-0.3, -0.25) is 0 Å². The molecule has 9 aromatic carbocycles. The van der Waals surface area contributed by atoms with Gasteiger partial charge in [0.1, 0.15) is 0 Å². The van der Waals surface area contributed by atoms with Crippen LogP contribution in [0.15, 0.2) is 188 Å². The minimum atomic E-state index is 0.495. The Hall–Kier alpha value is -6.70. The highest BCUT2D eigenvalue weighted by Crippen LogP contribution is 2.42. The van der Waals surface area contributed by atoms with Gasteiger partial charge in [-0.1, -0.05) is 165 Å². The summed E-state index contributed by atoms with van der Waals surface area (Å²) in [6.07, 6.45) is 6.00. The number of nitrogens with zero attached hydrogens (tertiary/aromatic N) is 1. The minimum Gasteiger partial charge on any atom is -0.310 e. The molecular formula is C53H39N. The average molecular weight is 690 g/mol. The second kappa shape index (κ2) is 13.4. The molecule has 0 spiro atoms. The molecule has 54 heavy (non-hydrogen) atoms. The van der Waals surface area contributed by atoms with Gasteiger partial charge in [-0.15, -0.1) is 0 Å². The molecule has 0 bridgehead atoms. The molecule has 9 aromatic rings. The van der Waals surface area contributed by atoms with Gasteiger partial charge in [0.25, 0.3) is 0 Å². The molecule has 1 atom stereocenters. The molecule has 0 amide bonds. The lowest BCUT2D eigenvalue weighted by Crippen LogP contribution is -2.31. The Morgan fingerprint density at radius 2 is 1.02 bits per heavy atom. The zero-order valence-electron chi connectivity index (χ0n) is 30.3. The third-order valence-electron chi connectivity index (χ3n) is 11.1. The van der Waals surface area contributed by atoms with E-state index in [0.29, 0.717) is 5.92 Å². The predicted octanol–water partition coefficient (Wildman–Crippen LogP) is 13.2. The lowest BCUT2D eigenvalue weighted by Gasteiger charge is -2.28. The topological polar surface area (TPSA) is 3.24 Å². The molecule has 0 saturated carbocycles. The molecule has 0 N–H and O–H groups in total. The lowest BCUT2D eigenvalue weighted by atomic mass is 9.88. The standard InChI is InChI=1S/C53H39N/c1-36-19-31-48-49-32-26-40-14-7-8-16-46(40)52(49)35-50(51(48)33-36)41-24-29-45(30-25-41)54(44-27-22-39(23-28-44)37-11-3-2-4-12-37)53-18-10-9-17-47(53)43-21-20-38-13-5-6-15-42(38)34-43/h2-18,20-36H,19H2,1H3. The zero-order chi connectivity index (χ0) is 36.0. The summed E-state index contributed by atoms with van der Waals surface area (Å²) < 4.78 is 0. The van der Waals surface area contributed by atoms with Crippen LogP contribution in [0.3, 0.4) is 0 Å². The summed E-state index contributed by atoms with van der Waals surface area (Å²) in [4.78, 5) is 2.41. The van der Waals surface area contributed by atoms with Crippen LogP contribution in [0.2, 0.25) is 0 Å². The highest BCUT2D eigenvalue weighted by atomic mass is 15.1. The van der Waals surface area contributed by atoms with Crippen molar-refractivity contribution >= 4 is 61.5 Å². The van der Waals surface area contributed by atoms with E-state index >= 15 is 0 Å². The monoisotopic (exact) mass is 689 g/mol. The normalized spacial score (nSPS) is 13.7. The molecule has 0 aliphatic heterocycles. The molecule has 0 heterocycles. The van der Waals surface area contributed by atoms with Gasteiger partial charge in [0, 0.05) is 16.9 Å². The molecule has 0 saturated heterocycles. The fraction of sp³-hybridized carbons (Fsp3) is 0.0566. The summed E-state index contributed by atoms with van der Waals surface area (Å²) in [7, 11) is 0. The predicted molar refractivity (Wildman–Crippen MR) is 232 cm³/mol. The maximum atomic E-state index is 2.48. The van der Waals surface area contributed by atoms with Crippen LogP contribution >= 0.6 is 0 Å². The number of hydrogen-bond donors (Lipinski definition) is 0. The third kappa shape index (κ3) is 5.66. The molecule has 1 nitrogen and oxygen atoms in total. The van der Waals surface area contributed by atoms with Crippen molar-refractivity contribution < 1.29 is 0 Å². The van der Waals surface area contributed by atoms with Crippen molar-refractivity contribution in [2.75, 3.05) is 4.90 Å². The largest absolute Gasteiger partial charge is 0.310 e. The van der Waals surface area contributed by atoms with Gasteiger partial charge in [0.15, 0.2) is 0 Å². The first-order valence-electron chi connectivity index (χ1n) is 19.0. The number of para-hydroxylation sites is 1.